The van der Waals surface area contributed by atoms with Crippen molar-refractivity contribution in [2.45, 2.75) is 12.5 Å². The molecule has 8 heteroatoms. The number of carbonyl (C=O) groups excluding carboxylic acids is 1. The largest absolute Gasteiger partial charge is 0.465 e. The summed E-state index contributed by atoms with van der Waals surface area (Å²) < 4.78 is 21.4. The Labute approximate surface area is 122 Å². The van der Waals surface area contributed by atoms with Crippen LogP contribution in [0.4, 0.5) is 4.79 Å². The first-order valence-corrected chi connectivity index (χ1v) is 7.89. The van der Waals surface area contributed by atoms with E-state index < -0.39 is 31.7 Å². The van der Waals surface area contributed by atoms with Crippen molar-refractivity contribution >= 4 is 19.5 Å². The molecule has 1 amide bonds. The standard InChI is InChI=1S/C13H18NO6P/c1-19-21(18,20-2)9-12(15)11(14-13(16)17)8-10-6-4-3-5-7-10/h3-7,11,14H,8-9H2,1-2H3,(H,16,17)/t11-/m0/s1. The maximum Gasteiger partial charge on any atom is 0.405 e. The van der Waals surface area contributed by atoms with Gasteiger partial charge < -0.3 is 19.5 Å². The fourth-order valence-electron chi connectivity index (χ4n) is 1.75. The van der Waals surface area contributed by atoms with Crippen molar-refractivity contribution in [3.63, 3.8) is 0 Å². The van der Waals surface area contributed by atoms with Crippen molar-refractivity contribution in [1.29, 1.82) is 0 Å². The first-order valence-electron chi connectivity index (χ1n) is 6.17. The van der Waals surface area contributed by atoms with E-state index in [1.165, 1.54) is 14.2 Å². The summed E-state index contributed by atoms with van der Waals surface area (Å²) >= 11 is 0. The fourth-order valence-corrected chi connectivity index (χ4v) is 2.76. The van der Waals surface area contributed by atoms with Gasteiger partial charge in [-0.2, -0.15) is 0 Å². The van der Waals surface area contributed by atoms with Crippen molar-refractivity contribution in [3.8, 4) is 0 Å². The summed E-state index contributed by atoms with van der Waals surface area (Å²) in [5.74, 6) is -0.548. The van der Waals surface area contributed by atoms with Gasteiger partial charge in [0.05, 0.1) is 6.04 Å². The van der Waals surface area contributed by atoms with Crippen molar-refractivity contribution in [2.24, 2.45) is 0 Å². The van der Waals surface area contributed by atoms with E-state index in [9.17, 15) is 14.2 Å². The number of amides is 1. The molecule has 2 N–H and O–H groups in total. The molecule has 116 valence electrons. The normalized spacial score (nSPS) is 12.7. The second kappa shape index (κ2) is 7.93. The molecule has 0 heterocycles. The van der Waals surface area contributed by atoms with Gasteiger partial charge in [0.2, 0.25) is 0 Å². The third kappa shape index (κ3) is 5.67. The molecule has 0 aliphatic heterocycles. The number of hydrogen-bond donors (Lipinski definition) is 2. The van der Waals surface area contributed by atoms with Gasteiger partial charge in [0, 0.05) is 14.2 Å². The summed E-state index contributed by atoms with van der Waals surface area (Å²) in [5, 5.41) is 11.0. The van der Waals surface area contributed by atoms with Gasteiger partial charge in [0.25, 0.3) is 0 Å². The van der Waals surface area contributed by atoms with E-state index in [0.29, 0.717) is 0 Å². The topological polar surface area (TPSA) is 102 Å². The highest BCUT2D eigenvalue weighted by molar-refractivity contribution is 7.54. The number of hydrogen-bond acceptors (Lipinski definition) is 5. The molecule has 0 radical (unpaired) electrons. The minimum atomic E-state index is -3.52. The zero-order chi connectivity index (χ0) is 15.9. The maximum absolute atomic E-state index is 12.2. The van der Waals surface area contributed by atoms with E-state index >= 15 is 0 Å². The third-order valence-corrected chi connectivity index (χ3v) is 4.69. The number of rotatable bonds is 8. The number of Topliss-reactive ketones (excluding diaryl/α,β-unsaturated/α-hetero) is 1. The molecule has 1 atom stereocenters. The predicted molar refractivity (Wildman–Crippen MR) is 76.6 cm³/mol. The van der Waals surface area contributed by atoms with Gasteiger partial charge in [-0.05, 0) is 12.0 Å². The van der Waals surface area contributed by atoms with Crippen LogP contribution in [0.3, 0.4) is 0 Å². The van der Waals surface area contributed by atoms with Gasteiger partial charge in [0.1, 0.15) is 6.16 Å². The molecule has 0 fully saturated rings. The Balaban J connectivity index is 2.84. The van der Waals surface area contributed by atoms with Crippen LogP contribution in [-0.4, -0.2) is 43.4 Å². The predicted octanol–water partition coefficient (Wildman–Crippen LogP) is 1.92. The second-order valence-electron chi connectivity index (χ2n) is 4.29. The minimum Gasteiger partial charge on any atom is -0.465 e. The maximum atomic E-state index is 12.2. The number of nitrogens with one attached hydrogen (secondary N) is 1. The Bertz CT molecular complexity index is 525. The van der Waals surface area contributed by atoms with Gasteiger partial charge >= 0.3 is 13.7 Å². The molecular weight excluding hydrogens is 297 g/mol. The summed E-state index contributed by atoms with van der Waals surface area (Å²) in [6.45, 7) is 0. The van der Waals surface area contributed by atoms with E-state index in [1.54, 1.807) is 24.3 Å². The van der Waals surface area contributed by atoms with Gasteiger partial charge in [-0.1, -0.05) is 30.3 Å². The number of benzene rings is 1. The molecule has 1 aromatic carbocycles. The summed E-state index contributed by atoms with van der Waals surface area (Å²) in [4.78, 5) is 23.0. The average Bonchev–Trinajstić information content (AvgIpc) is 2.47. The van der Waals surface area contributed by atoms with Crippen molar-refractivity contribution < 1.29 is 28.3 Å². The first-order chi connectivity index (χ1) is 9.90. The SMILES string of the molecule is COP(=O)(CC(=O)[C@H](Cc1ccccc1)NC(=O)O)OC. The minimum absolute atomic E-state index is 0.166. The van der Waals surface area contributed by atoms with E-state index in [-0.39, 0.29) is 6.42 Å². The molecule has 21 heavy (non-hydrogen) atoms. The lowest BCUT2D eigenvalue weighted by Gasteiger charge is -2.19. The van der Waals surface area contributed by atoms with Crippen LogP contribution >= 0.6 is 7.60 Å². The Morgan fingerprint density at radius 1 is 1.24 bits per heavy atom. The fraction of sp³-hybridized carbons (Fsp3) is 0.385. The summed E-state index contributed by atoms with van der Waals surface area (Å²) in [5.41, 5.74) is 0.786. The monoisotopic (exact) mass is 315 g/mol. The molecule has 0 bridgehead atoms. The van der Waals surface area contributed by atoms with Crippen LogP contribution in [0.2, 0.25) is 0 Å². The smallest absolute Gasteiger partial charge is 0.405 e. The second-order valence-corrected chi connectivity index (χ2v) is 6.56. The Kier molecular flexibility index (Phi) is 6.55. The Hall–Kier alpha value is -1.69. The van der Waals surface area contributed by atoms with Gasteiger partial charge in [0.15, 0.2) is 5.78 Å². The van der Waals surface area contributed by atoms with Crippen LogP contribution in [0.5, 0.6) is 0 Å². The Morgan fingerprint density at radius 2 is 1.81 bits per heavy atom. The van der Waals surface area contributed by atoms with E-state index in [0.717, 1.165) is 5.56 Å². The van der Waals surface area contributed by atoms with Crippen LogP contribution in [-0.2, 0) is 24.8 Å². The van der Waals surface area contributed by atoms with E-state index in [2.05, 4.69) is 5.32 Å². The quantitative estimate of drug-likeness (QED) is 0.711. The van der Waals surface area contributed by atoms with E-state index in [1.807, 2.05) is 6.07 Å². The molecule has 0 unspecified atom stereocenters. The molecular formula is C13H18NO6P. The van der Waals surface area contributed by atoms with E-state index in [4.69, 9.17) is 14.2 Å². The highest BCUT2D eigenvalue weighted by atomic mass is 31.2. The summed E-state index contributed by atoms with van der Waals surface area (Å²) in [6, 6.07) is 7.92. The molecule has 0 saturated carbocycles. The van der Waals surface area contributed by atoms with Gasteiger partial charge in [-0.15, -0.1) is 0 Å². The summed E-state index contributed by atoms with van der Waals surface area (Å²) in [7, 11) is -1.17. The van der Waals surface area contributed by atoms with Gasteiger partial charge in [-0.25, -0.2) is 4.79 Å². The number of ketones is 1. The van der Waals surface area contributed by atoms with Gasteiger partial charge in [-0.3, -0.25) is 9.36 Å². The highest BCUT2D eigenvalue weighted by Crippen LogP contribution is 2.46. The molecule has 7 nitrogen and oxygen atoms in total. The lowest BCUT2D eigenvalue weighted by molar-refractivity contribution is -0.118. The highest BCUT2D eigenvalue weighted by Gasteiger charge is 2.31. The van der Waals surface area contributed by atoms with Crippen LogP contribution in [0, 0.1) is 0 Å². The van der Waals surface area contributed by atoms with Crippen LogP contribution in [0.15, 0.2) is 30.3 Å². The van der Waals surface area contributed by atoms with Crippen LogP contribution in [0.1, 0.15) is 5.56 Å². The molecule has 0 aliphatic rings. The van der Waals surface area contributed by atoms with Crippen molar-refractivity contribution in [1.82, 2.24) is 5.32 Å². The third-order valence-electron chi connectivity index (χ3n) is 2.87. The first kappa shape index (κ1) is 17.4. The van der Waals surface area contributed by atoms with Crippen LogP contribution in [0.25, 0.3) is 0 Å². The molecule has 0 spiro atoms. The molecule has 1 rings (SSSR count). The number of carbonyl (C=O) groups is 2. The zero-order valence-corrected chi connectivity index (χ0v) is 12.7. The zero-order valence-electron chi connectivity index (χ0n) is 11.8. The number of carboxylic acid groups (broad SMARTS) is 1. The van der Waals surface area contributed by atoms with Crippen molar-refractivity contribution in [2.75, 3.05) is 20.4 Å². The molecule has 0 aliphatic carbocycles. The molecule has 0 aromatic heterocycles. The Morgan fingerprint density at radius 3 is 2.29 bits per heavy atom. The lowest BCUT2D eigenvalue weighted by atomic mass is 10.0. The average molecular weight is 315 g/mol. The van der Waals surface area contributed by atoms with Crippen molar-refractivity contribution in [3.05, 3.63) is 35.9 Å². The molecule has 0 saturated heterocycles. The van der Waals surface area contributed by atoms with Crippen LogP contribution < -0.4 is 5.32 Å². The lowest BCUT2D eigenvalue weighted by Crippen LogP contribution is -2.43. The molecule has 1 aromatic rings. The summed E-state index contributed by atoms with van der Waals surface area (Å²) in [6.07, 6.45) is -1.65.